The topological polar surface area (TPSA) is 3.24 Å². The van der Waals surface area contributed by atoms with Gasteiger partial charge in [0.05, 0.1) is 0 Å². The zero-order valence-electron chi connectivity index (χ0n) is 5.19. The Morgan fingerprint density at radius 3 is 1.14 bits per heavy atom. The Morgan fingerprint density at radius 1 is 1.14 bits per heavy atom. The van der Waals surface area contributed by atoms with Gasteiger partial charge in [0.15, 0.2) is 0 Å². The number of rotatable bonds is 0. The van der Waals surface area contributed by atoms with Crippen LogP contribution in [0.5, 0.6) is 0 Å². The van der Waals surface area contributed by atoms with Crippen LogP contribution in [-0.4, -0.2) is 19.0 Å². The molecule has 2 heteroatoms. The van der Waals surface area contributed by atoms with Crippen LogP contribution in [0, 0.1) is 52.6 Å². The van der Waals surface area contributed by atoms with E-state index in [1.807, 2.05) is 14.1 Å². The van der Waals surface area contributed by atoms with Gasteiger partial charge in [-0.15, -0.1) is 0 Å². The average molecular weight is 246 g/mol. The molecule has 0 aliphatic carbocycles. The molecule has 0 spiro atoms. The van der Waals surface area contributed by atoms with Crippen LogP contribution >= 0.6 is 0 Å². The van der Waals surface area contributed by atoms with Crippen molar-refractivity contribution in [3.05, 3.63) is 14.0 Å². The van der Waals surface area contributed by atoms with Crippen molar-refractivity contribution in [3.63, 3.8) is 0 Å². The molecular formula is C5H13NTb-2. The van der Waals surface area contributed by atoms with Crippen LogP contribution in [0.1, 0.15) is 6.92 Å². The molecule has 0 aliphatic rings. The van der Waals surface area contributed by atoms with Gasteiger partial charge in [-0.3, -0.25) is 7.05 Å². The first-order chi connectivity index (χ1) is 2.73. The molecule has 0 aliphatic heterocycles. The van der Waals surface area contributed by atoms with Crippen LogP contribution in [0.25, 0.3) is 0 Å². The third-order valence-electron chi connectivity index (χ3n) is 0. The number of hydrogen-bond donors (Lipinski definition) is 0. The van der Waals surface area contributed by atoms with Gasteiger partial charge in [0, 0.05) is 38.6 Å². The molecule has 1 radical (unpaired) electrons. The van der Waals surface area contributed by atoms with Crippen LogP contribution in [0.3, 0.4) is 0 Å². The van der Waals surface area contributed by atoms with E-state index < -0.39 is 0 Å². The zero-order valence-corrected chi connectivity index (χ0v) is 7.33. The van der Waals surface area contributed by atoms with Crippen LogP contribution in [-0.2, 0) is 0 Å². The fraction of sp³-hybridized carbons (Fsp3) is 0.600. The fourth-order valence-corrected chi connectivity index (χ4v) is 0. The first-order valence-corrected chi connectivity index (χ1v) is 1.92. The number of hydrogen-bond acceptors (Lipinski definition) is 1. The van der Waals surface area contributed by atoms with E-state index in [2.05, 4.69) is 14.0 Å². The van der Waals surface area contributed by atoms with E-state index in [1.165, 1.54) is 0 Å². The van der Waals surface area contributed by atoms with E-state index in [0.29, 0.717) is 0 Å². The molecule has 0 amide bonds. The monoisotopic (exact) mass is 246 g/mol. The smallest absolute Gasteiger partial charge is 0 e. The molecule has 0 aromatic rings. The Kier molecular flexibility index (Phi) is 35.2. The standard InChI is InChI=1S/C3H8N.C2H5.Tb/c1-4(2)3;1-2;/h1H2,2-3H3;1H2,2H3;/q2*-1;. The molecule has 0 saturated carbocycles. The molecule has 0 aromatic heterocycles. The molecule has 0 rings (SSSR count). The minimum absolute atomic E-state index is 0. The fourth-order valence-electron chi connectivity index (χ4n) is 0. The summed E-state index contributed by atoms with van der Waals surface area (Å²) in [5.74, 6) is 0. The van der Waals surface area contributed by atoms with Gasteiger partial charge in [-0.05, 0) is 14.1 Å². The maximum Gasteiger partial charge on any atom is 0 e. The van der Waals surface area contributed by atoms with Crippen molar-refractivity contribution in [2.75, 3.05) is 14.1 Å². The van der Waals surface area contributed by atoms with Crippen molar-refractivity contribution in [2.45, 2.75) is 6.92 Å². The summed E-state index contributed by atoms with van der Waals surface area (Å²) in [6.45, 7) is 5.00. The second kappa shape index (κ2) is 15.7. The van der Waals surface area contributed by atoms with Gasteiger partial charge in [-0.2, -0.15) is 6.92 Å². The molecule has 0 N–H and O–H groups in total. The first-order valence-electron chi connectivity index (χ1n) is 1.92. The van der Waals surface area contributed by atoms with Gasteiger partial charge in [0.25, 0.3) is 0 Å². The van der Waals surface area contributed by atoms with Crippen LogP contribution < -0.4 is 0 Å². The Balaban J connectivity index is -0.0000000480. The third-order valence-corrected chi connectivity index (χ3v) is 0. The summed E-state index contributed by atoms with van der Waals surface area (Å²) in [6, 6.07) is 0. The molecule has 0 atom stereocenters. The van der Waals surface area contributed by atoms with E-state index in [1.54, 1.807) is 11.8 Å². The predicted molar refractivity (Wildman–Crippen MR) is 30.1 cm³/mol. The summed E-state index contributed by atoms with van der Waals surface area (Å²) < 4.78 is 0. The van der Waals surface area contributed by atoms with Crippen molar-refractivity contribution < 1.29 is 38.6 Å². The SMILES string of the molecule is [CH2-]C.[CH2-]N(C)C.[Tb]. The van der Waals surface area contributed by atoms with Gasteiger partial charge in [0.2, 0.25) is 0 Å². The third kappa shape index (κ3) is 128. The molecule has 0 saturated heterocycles. The Hall–Kier alpha value is 1.25. The summed E-state index contributed by atoms with van der Waals surface area (Å²) in [4.78, 5) is 1.75. The van der Waals surface area contributed by atoms with Crippen molar-refractivity contribution in [1.29, 1.82) is 0 Å². The molecule has 0 heterocycles. The Bertz CT molecular complexity index is 12.8. The van der Waals surface area contributed by atoms with Crippen molar-refractivity contribution in [1.82, 2.24) is 4.90 Å². The van der Waals surface area contributed by atoms with E-state index in [4.69, 9.17) is 0 Å². The summed E-state index contributed by atoms with van der Waals surface area (Å²) in [6.07, 6.45) is 0. The average Bonchev–Trinajstić information content (AvgIpc) is 1.41. The van der Waals surface area contributed by atoms with Crippen LogP contribution in [0.15, 0.2) is 0 Å². The summed E-state index contributed by atoms with van der Waals surface area (Å²) >= 11 is 0. The number of nitrogens with zero attached hydrogens (tertiary/aromatic N) is 1. The summed E-state index contributed by atoms with van der Waals surface area (Å²) in [5, 5.41) is 0. The maximum absolute atomic E-state index is 3.47. The van der Waals surface area contributed by atoms with E-state index in [-0.39, 0.29) is 38.6 Å². The van der Waals surface area contributed by atoms with Crippen LogP contribution in [0.2, 0.25) is 0 Å². The Morgan fingerprint density at radius 2 is 1.14 bits per heavy atom. The summed E-state index contributed by atoms with van der Waals surface area (Å²) in [5.41, 5.74) is 0. The van der Waals surface area contributed by atoms with Crippen molar-refractivity contribution in [2.24, 2.45) is 0 Å². The molecule has 7 heavy (non-hydrogen) atoms. The molecule has 1 nitrogen and oxygen atoms in total. The largest absolute Gasteiger partial charge is 0.464 e. The minimum Gasteiger partial charge on any atom is -0.464 e. The molecule has 0 unspecified atom stereocenters. The first kappa shape index (κ1) is 15.7. The molecule has 0 fully saturated rings. The second-order valence-corrected chi connectivity index (χ2v) is 1.08. The zero-order chi connectivity index (χ0) is 5.58. The van der Waals surface area contributed by atoms with Gasteiger partial charge >= 0.3 is 0 Å². The van der Waals surface area contributed by atoms with Gasteiger partial charge in [0.1, 0.15) is 0 Å². The molecule has 49 valence electrons. The summed E-state index contributed by atoms with van der Waals surface area (Å²) in [7, 11) is 7.25. The van der Waals surface area contributed by atoms with E-state index >= 15 is 0 Å². The van der Waals surface area contributed by atoms with Crippen LogP contribution in [0.4, 0.5) is 0 Å². The normalized spacial score (nSPS) is 6.00. The van der Waals surface area contributed by atoms with Gasteiger partial charge in [-0.1, -0.05) is 0 Å². The van der Waals surface area contributed by atoms with Gasteiger partial charge in [-0.25, -0.2) is 0 Å². The second-order valence-electron chi connectivity index (χ2n) is 1.08. The van der Waals surface area contributed by atoms with Crippen molar-refractivity contribution in [3.8, 4) is 0 Å². The molecule has 0 aromatic carbocycles. The van der Waals surface area contributed by atoms with E-state index in [0.717, 1.165) is 0 Å². The minimum atomic E-state index is 0. The molecular weight excluding hydrogens is 233 g/mol. The quantitative estimate of drug-likeness (QED) is 0.580. The maximum atomic E-state index is 3.47. The van der Waals surface area contributed by atoms with Crippen molar-refractivity contribution >= 4 is 0 Å². The van der Waals surface area contributed by atoms with Gasteiger partial charge < -0.3 is 11.8 Å². The molecule has 0 bridgehead atoms. The van der Waals surface area contributed by atoms with E-state index in [9.17, 15) is 0 Å². The Labute approximate surface area is 77.9 Å². The predicted octanol–water partition coefficient (Wildman–Crippen LogP) is 1.18.